The summed E-state index contributed by atoms with van der Waals surface area (Å²) in [5.41, 5.74) is 1.75. The fourth-order valence-corrected chi connectivity index (χ4v) is 2.76. The molecule has 2 heterocycles. The average molecular weight is 393 g/mol. The molecule has 2 aromatic heterocycles. The molecule has 2 aromatic carbocycles. The smallest absolute Gasteiger partial charge is 0.246 e. The first kappa shape index (κ1) is 18.5. The van der Waals surface area contributed by atoms with Crippen LogP contribution in [0.3, 0.4) is 0 Å². The number of carbonyl (C=O) groups excluding carboxylic acids is 1. The molecule has 0 aliphatic heterocycles. The Morgan fingerprint density at radius 2 is 1.93 bits per heavy atom. The Bertz CT molecular complexity index is 1100. The second kappa shape index (κ2) is 8.42. The fraction of sp³-hybridized carbons (Fsp3) is 0.200. The maximum Gasteiger partial charge on any atom is 0.246 e. The molecule has 0 radical (unpaired) electrons. The van der Waals surface area contributed by atoms with E-state index in [4.69, 9.17) is 14.0 Å². The number of hydrogen-bond acceptors (Lipinski definition) is 7. The van der Waals surface area contributed by atoms with Gasteiger partial charge in [0.2, 0.25) is 17.6 Å². The second-order valence-corrected chi connectivity index (χ2v) is 6.21. The Labute approximate surface area is 166 Å². The van der Waals surface area contributed by atoms with Gasteiger partial charge in [-0.25, -0.2) is 4.98 Å². The standard InChI is InChI=1S/C20H19N5O4/c1-27-14-6-8-15(9-7-14)28-12-18-23-20(29-24-18)10-21-19(26)11-25-13-22-16-4-2-3-5-17(16)25/h2-9,13H,10-12H2,1H3,(H,21,26). The van der Waals surface area contributed by atoms with Crippen LogP contribution in [0.4, 0.5) is 0 Å². The van der Waals surface area contributed by atoms with E-state index in [9.17, 15) is 4.79 Å². The summed E-state index contributed by atoms with van der Waals surface area (Å²) in [4.78, 5) is 20.7. The number of para-hydroxylation sites is 2. The van der Waals surface area contributed by atoms with E-state index >= 15 is 0 Å². The van der Waals surface area contributed by atoms with Crippen molar-refractivity contribution in [2.45, 2.75) is 19.7 Å². The third kappa shape index (κ3) is 4.52. The predicted octanol–water partition coefficient (Wildman–Crippen LogP) is 2.32. The van der Waals surface area contributed by atoms with Crippen LogP contribution in [-0.2, 0) is 24.5 Å². The van der Waals surface area contributed by atoms with E-state index in [0.29, 0.717) is 17.5 Å². The molecule has 0 aliphatic carbocycles. The van der Waals surface area contributed by atoms with E-state index in [-0.39, 0.29) is 25.6 Å². The zero-order chi connectivity index (χ0) is 20.1. The van der Waals surface area contributed by atoms with E-state index in [1.807, 2.05) is 24.3 Å². The second-order valence-electron chi connectivity index (χ2n) is 6.21. The summed E-state index contributed by atoms with van der Waals surface area (Å²) in [7, 11) is 1.60. The van der Waals surface area contributed by atoms with E-state index in [0.717, 1.165) is 16.8 Å². The maximum atomic E-state index is 12.2. The molecule has 1 amide bonds. The van der Waals surface area contributed by atoms with Crippen molar-refractivity contribution in [3.05, 3.63) is 66.6 Å². The van der Waals surface area contributed by atoms with Gasteiger partial charge >= 0.3 is 0 Å². The van der Waals surface area contributed by atoms with Gasteiger partial charge in [-0.15, -0.1) is 0 Å². The lowest BCUT2D eigenvalue weighted by Gasteiger charge is -2.05. The molecule has 148 valence electrons. The molecule has 0 saturated carbocycles. The van der Waals surface area contributed by atoms with Gasteiger partial charge in [0.1, 0.15) is 18.0 Å². The normalized spacial score (nSPS) is 10.8. The van der Waals surface area contributed by atoms with Crippen LogP contribution in [0.5, 0.6) is 11.5 Å². The maximum absolute atomic E-state index is 12.2. The first-order chi connectivity index (χ1) is 14.2. The van der Waals surface area contributed by atoms with Crippen LogP contribution in [-0.4, -0.2) is 32.7 Å². The highest BCUT2D eigenvalue weighted by Gasteiger charge is 2.11. The van der Waals surface area contributed by atoms with E-state index in [1.54, 1.807) is 42.3 Å². The van der Waals surface area contributed by atoms with Gasteiger partial charge in [-0.1, -0.05) is 17.3 Å². The molecule has 9 heteroatoms. The minimum absolute atomic E-state index is 0.140. The molecule has 4 rings (SSSR count). The third-order valence-electron chi connectivity index (χ3n) is 4.22. The quantitative estimate of drug-likeness (QED) is 0.490. The van der Waals surface area contributed by atoms with Crippen molar-refractivity contribution in [2.24, 2.45) is 0 Å². The topological polar surface area (TPSA) is 104 Å². The Kier molecular flexibility index (Phi) is 5.37. The number of nitrogens with one attached hydrogen (secondary N) is 1. The Hall–Kier alpha value is -3.88. The average Bonchev–Trinajstić information content (AvgIpc) is 3.38. The van der Waals surface area contributed by atoms with Crippen LogP contribution in [0.2, 0.25) is 0 Å². The van der Waals surface area contributed by atoms with Gasteiger partial charge in [0.15, 0.2) is 6.61 Å². The zero-order valence-electron chi connectivity index (χ0n) is 15.7. The van der Waals surface area contributed by atoms with Gasteiger partial charge in [-0.3, -0.25) is 4.79 Å². The molecule has 4 aromatic rings. The molecule has 0 aliphatic rings. The van der Waals surface area contributed by atoms with Crippen LogP contribution in [0, 0.1) is 0 Å². The van der Waals surface area contributed by atoms with Gasteiger partial charge in [0.05, 0.1) is 31.0 Å². The number of aromatic nitrogens is 4. The number of nitrogens with zero attached hydrogens (tertiary/aromatic N) is 4. The number of fused-ring (bicyclic) bond motifs is 1. The molecule has 0 spiro atoms. The Morgan fingerprint density at radius 3 is 2.76 bits per heavy atom. The molecule has 0 saturated heterocycles. The molecule has 1 N–H and O–H groups in total. The van der Waals surface area contributed by atoms with Gasteiger partial charge in [-0.2, -0.15) is 4.98 Å². The number of carbonyl (C=O) groups is 1. The molecule has 0 bridgehead atoms. The van der Waals surface area contributed by atoms with Crippen LogP contribution in [0.1, 0.15) is 11.7 Å². The number of ether oxygens (including phenoxy) is 2. The molecular formula is C20H19N5O4. The van der Waals surface area contributed by atoms with Crippen LogP contribution in [0.25, 0.3) is 11.0 Å². The number of rotatable bonds is 8. The van der Waals surface area contributed by atoms with E-state index in [2.05, 4.69) is 20.4 Å². The largest absolute Gasteiger partial charge is 0.497 e. The highest BCUT2D eigenvalue weighted by molar-refractivity contribution is 5.80. The number of methoxy groups -OCH3 is 1. The van der Waals surface area contributed by atoms with Gasteiger partial charge in [0.25, 0.3) is 0 Å². The summed E-state index contributed by atoms with van der Waals surface area (Å²) in [5, 5.41) is 6.62. The lowest BCUT2D eigenvalue weighted by Crippen LogP contribution is -2.27. The van der Waals surface area contributed by atoms with E-state index in [1.165, 1.54) is 0 Å². The van der Waals surface area contributed by atoms with Crippen LogP contribution >= 0.6 is 0 Å². The fourth-order valence-electron chi connectivity index (χ4n) is 2.76. The summed E-state index contributed by atoms with van der Waals surface area (Å²) in [6.07, 6.45) is 1.64. The Morgan fingerprint density at radius 1 is 1.14 bits per heavy atom. The predicted molar refractivity (Wildman–Crippen MR) is 103 cm³/mol. The number of amides is 1. The van der Waals surface area contributed by atoms with Gasteiger partial charge in [-0.05, 0) is 36.4 Å². The minimum Gasteiger partial charge on any atom is -0.497 e. The summed E-state index contributed by atoms with van der Waals surface area (Å²) in [6, 6.07) is 14.8. The summed E-state index contributed by atoms with van der Waals surface area (Å²) < 4.78 is 17.6. The number of hydrogen-bond donors (Lipinski definition) is 1. The molecule has 29 heavy (non-hydrogen) atoms. The molecular weight excluding hydrogens is 374 g/mol. The van der Waals surface area contributed by atoms with Crippen molar-refractivity contribution in [3.63, 3.8) is 0 Å². The first-order valence-corrected chi connectivity index (χ1v) is 8.96. The van der Waals surface area contributed by atoms with Crippen LogP contribution in [0.15, 0.2) is 59.4 Å². The van der Waals surface area contributed by atoms with Crippen molar-refractivity contribution < 1.29 is 18.8 Å². The van der Waals surface area contributed by atoms with E-state index < -0.39 is 0 Å². The number of imidazole rings is 1. The van der Waals surface area contributed by atoms with Crippen molar-refractivity contribution >= 4 is 16.9 Å². The summed E-state index contributed by atoms with van der Waals surface area (Å²) >= 11 is 0. The van der Waals surface area contributed by atoms with Crippen molar-refractivity contribution in [2.75, 3.05) is 7.11 Å². The van der Waals surface area contributed by atoms with Crippen molar-refractivity contribution in [1.82, 2.24) is 25.0 Å². The minimum atomic E-state index is -0.178. The van der Waals surface area contributed by atoms with Crippen LogP contribution < -0.4 is 14.8 Å². The van der Waals surface area contributed by atoms with Gasteiger partial charge in [0, 0.05) is 0 Å². The Balaban J connectivity index is 1.27. The lowest BCUT2D eigenvalue weighted by atomic mass is 10.3. The number of benzene rings is 2. The monoisotopic (exact) mass is 393 g/mol. The summed E-state index contributed by atoms with van der Waals surface area (Å²) in [6.45, 7) is 0.452. The molecule has 0 atom stereocenters. The third-order valence-corrected chi connectivity index (χ3v) is 4.22. The zero-order valence-corrected chi connectivity index (χ0v) is 15.7. The van der Waals surface area contributed by atoms with Crippen molar-refractivity contribution in [1.29, 1.82) is 0 Å². The SMILES string of the molecule is COc1ccc(OCc2noc(CNC(=O)Cn3cnc4ccccc43)n2)cc1. The van der Waals surface area contributed by atoms with Crippen molar-refractivity contribution in [3.8, 4) is 11.5 Å². The highest BCUT2D eigenvalue weighted by Crippen LogP contribution is 2.17. The molecule has 9 nitrogen and oxygen atoms in total. The molecule has 0 fully saturated rings. The first-order valence-electron chi connectivity index (χ1n) is 8.96. The highest BCUT2D eigenvalue weighted by atomic mass is 16.5. The lowest BCUT2D eigenvalue weighted by molar-refractivity contribution is -0.121. The molecule has 0 unspecified atom stereocenters. The summed E-state index contributed by atoms with van der Waals surface area (Å²) in [5.74, 6) is 1.94. The van der Waals surface area contributed by atoms with Gasteiger partial charge < -0.3 is 23.9 Å².